The molecule has 0 atom stereocenters. The van der Waals surface area contributed by atoms with Crippen LogP contribution >= 0.6 is 0 Å². The van der Waals surface area contributed by atoms with Crippen LogP contribution in [0.25, 0.3) is 0 Å². The lowest BCUT2D eigenvalue weighted by molar-refractivity contribution is -0.137. The average molecular weight is 414 g/mol. The van der Waals surface area contributed by atoms with Gasteiger partial charge in [0.25, 0.3) is 0 Å². The highest BCUT2D eigenvalue weighted by atomic mass is 16.4. The SMILES string of the molecule is CC(C)(N=NC(C)(C)C(=N)NCCC(=O)O)C(=N)NCCC(=O)O.O.O.O.O. The fraction of sp³-hybridized carbons (Fsp3) is 0.714. The fourth-order valence-corrected chi connectivity index (χ4v) is 1.37. The van der Waals surface area contributed by atoms with Gasteiger partial charge in [-0.05, 0) is 27.7 Å². The molecule has 14 N–H and O–H groups in total. The molecule has 0 fully saturated rings. The second-order valence-corrected chi connectivity index (χ2v) is 6.21. The van der Waals surface area contributed by atoms with Gasteiger partial charge in [-0.2, -0.15) is 10.2 Å². The molecule has 0 unspecified atom stereocenters. The first kappa shape index (κ1) is 36.3. The number of nitrogens with one attached hydrogen (secondary N) is 4. The molecule has 0 aromatic rings. The van der Waals surface area contributed by atoms with Crippen molar-refractivity contribution < 1.29 is 41.7 Å². The van der Waals surface area contributed by atoms with E-state index in [4.69, 9.17) is 21.0 Å². The highest BCUT2D eigenvalue weighted by Gasteiger charge is 2.28. The van der Waals surface area contributed by atoms with Crippen LogP contribution in [0.4, 0.5) is 0 Å². The van der Waals surface area contributed by atoms with E-state index in [2.05, 4.69) is 20.9 Å². The predicted octanol–water partition coefficient (Wildman–Crippen LogP) is -2.22. The predicted molar refractivity (Wildman–Crippen MR) is 103 cm³/mol. The van der Waals surface area contributed by atoms with Crippen molar-refractivity contribution >= 4 is 23.6 Å². The second-order valence-electron chi connectivity index (χ2n) is 6.21. The number of amidine groups is 2. The third kappa shape index (κ3) is 14.5. The molecule has 14 heteroatoms. The molecule has 0 saturated heterocycles. The van der Waals surface area contributed by atoms with Crippen LogP contribution < -0.4 is 10.6 Å². The summed E-state index contributed by atoms with van der Waals surface area (Å²) in [5, 5.41) is 46.5. The lowest BCUT2D eigenvalue weighted by Gasteiger charge is -2.25. The number of nitrogens with zero attached hydrogens (tertiary/aromatic N) is 2. The van der Waals surface area contributed by atoms with E-state index in [1.807, 2.05) is 0 Å². The number of carboxylic acid groups (broad SMARTS) is 2. The summed E-state index contributed by atoms with van der Waals surface area (Å²) in [5.41, 5.74) is -2.01. The quantitative estimate of drug-likeness (QED) is 0.130. The van der Waals surface area contributed by atoms with Crippen molar-refractivity contribution in [1.29, 1.82) is 10.8 Å². The molecule has 168 valence electrons. The van der Waals surface area contributed by atoms with Crippen LogP contribution in [0.5, 0.6) is 0 Å². The van der Waals surface area contributed by atoms with Gasteiger partial charge < -0.3 is 42.8 Å². The Kier molecular flexibility index (Phi) is 19.9. The number of carbonyl (C=O) groups is 2. The smallest absolute Gasteiger partial charge is 0.305 e. The van der Waals surface area contributed by atoms with Gasteiger partial charge in [0, 0.05) is 13.1 Å². The van der Waals surface area contributed by atoms with Crippen molar-refractivity contribution in [3.63, 3.8) is 0 Å². The minimum atomic E-state index is -1.00. The number of carboxylic acids is 2. The molecular weight excluding hydrogens is 380 g/mol. The Morgan fingerprint density at radius 3 is 1.21 bits per heavy atom. The van der Waals surface area contributed by atoms with Crippen LogP contribution in [-0.4, -0.2) is 79.9 Å². The lowest BCUT2D eigenvalue weighted by Crippen LogP contribution is -2.43. The highest BCUT2D eigenvalue weighted by molar-refractivity contribution is 5.89. The van der Waals surface area contributed by atoms with Gasteiger partial charge in [-0.3, -0.25) is 20.4 Å². The summed E-state index contributed by atoms with van der Waals surface area (Å²) < 4.78 is 0. The maximum absolute atomic E-state index is 10.5. The van der Waals surface area contributed by atoms with Gasteiger partial charge in [-0.25, -0.2) is 0 Å². The largest absolute Gasteiger partial charge is 0.481 e. The Morgan fingerprint density at radius 1 is 0.750 bits per heavy atom. The second kappa shape index (κ2) is 15.4. The summed E-state index contributed by atoms with van der Waals surface area (Å²) >= 11 is 0. The van der Waals surface area contributed by atoms with Crippen molar-refractivity contribution in [2.24, 2.45) is 10.2 Å². The van der Waals surface area contributed by atoms with Crippen LogP contribution in [0.2, 0.25) is 0 Å². The van der Waals surface area contributed by atoms with Gasteiger partial charge in [0.05, 0.1) is 12.8 Å². The Hall–Kier alpha value is -2.68. The van der Waals surface area contributed by atoms with Gasteiger partial charge in [-0.1, -0.05) is 0 Å². The standard InChI is InChI=1S/C14H26N6O4.4H2O/c1-13(2,11(15)17-7-5-9(21)22)19-20-14(3,4)12(16)18-8-6-10(23)24;;;;/h5-8H2,1-4H3,(H2,15,17)(H2,16,18)(H,21,22)(H,23,24);4*1H2. The van der Waals surface area contributed by atoms with Crippen LogP contribution in [0.1, 0.15) is 40.5 Å². The third-order valence-corrected chi connectivity index (χ3v) is 3.05. The molecule has 28 heavy (non-hydrogen) atoms. The molecular formula is C14H34N6O8. The highest BCUT2D eigenvalue weighted by Crippen LogP contribution is 2.16. The van der Waals surface area contributed by atoms with Crippen LogP contribution in [0.3, 0.4) is 0 Å². The van der Waals surface area contributed by atoms with Crippen molar-refractivity contribution in [3.05, 3.63) is 0 Å². The van der Waals surface area contributed by atoms with Gasteiger partial charge in [0.2, 0.25) is 0 Å². The molecule has 0 spiro atoms. The molecule has 14 nitrogen and oxygen atoms in total. The Bertz CT molecular complexity index is 490. The summed E-state index contributed by atoms with van der Waals surface area (Å²) in [6, 6.07) is 0. The fourth-order valence-electron chi connectivity index (χ4n) is 1.37. The van der Waals surface area contributed by atoms with Crippen LogP contribution in [0.15, 0.2) is 10.2 Å². The van der Waals surface area contributed by atoms with Crippen LogP contribution in [-0.2, 0) is 9.59 Å². The minimum absolute atomic E-state index is 0. The number of hydrogen-bond donors (Lipinski definition) is 6. The van der Waals surface area contributed by atoms with Gasteiger partial charge in [0.15, 0.2) is 0 Å². The van der Waals surface area contributed by atoms with Crippen molar-refractivity contribution in [1.82, 2.24) is 10.6 Å². The van der Waals surface area contributed by atoms with E-state index in [1.54, 1.807) is 27.7 Å². The number of rotatable bonds is 10. The zero-order chi connectivity index (χ0) is 19.0. The van der Waals surface area contributed by atoms with E-state index in [0.29, 0.717) is 0 Å². The molecule has 0 aliphatic carbocycles. The Morgan fingerprint density at radius 2 is 1.00 bits per heavy atom. The molecule has 0 saturated carbocycles. The Labute approximate surface area is 162 Å². The molecule has 0 bridgehead atoms. The van der Waals surface area contributed by atoms with Crippen molar-refractivity contribution in [3.8, 4) is 0 Å². The number of hydrogen-bond acceptors (Lipinski definition) is 6. The van der Waals surface area contributed by atoms with Crippen molar-refractivity contribution in [2.45, 2.75) is 51.6 Å². The maximum Gasteiger partial charge on any atom is 0.305 e. The molecule has 0 aliphatic heterocycles. The minimum Gasteiger partial charge on any atom is -0.481 e. The number of azo groups is 1. The average Bonchev–Trinajstić information content (AvgIpc) is 2.44. The van der Waals surface area contributed by atoms with Gasteiger partial charge in [0.1, 0.15) is 22.7 Å². The first-order valence-electron chi connectivity index (χ1n) is 7.42. The summed E-state index contributed by atoms with van der Waals surface area (Å²) in [5.74, 6) is -1.88. The van der Waals surface area contributed by atoms with E-state index in [1.165, 1.54) is 0 Å². The lowest BCUT2D eigenvalue weighted by atomic mass is 10.0. The van der Waals surface area contributed by atoms with E-state index in [0.717, 1.165) is 0 Å². The van der Waals surface area contributed by atoms with E-state index >= 15 is 0 Å². The molecule has 0 amide bonds. The van der Waals surface area contributed by atoms with E-state index in [9.17, 15) is 9.59 Å². The van der Waals surface area contributed by atoms with Gasteiger partial charge in [-0.15, -0.1) is 0 Å². The summed E-state index contributed by atoms with van der Waals surface area (Å²) in [6.07, 6.45) is -0.224. The Balaban J connectivity index is -0.000000441. The summed E-state index contributed by atoms with van der Waals surface area (Å²) in [4.78, 5) is 20.9. The summed E-state index contributed by atoms with van der Waals surface area (Å²) in [6.45, 7) is 6.80. The molecule has 0 aromatic carbocycles. The topological polar surface area (TPSA) is 297 Å². The zero-order valence-corrected chi connectivity index (χ0v) is 16.4. The zero-order valence-electron chi connectivity index (χ0n) is 16.4. The van der Waals surface area contributed by atoms with E-state index < -0.39 is 23.0 Å². The van der Waals surface area contributed by atoms with Crippen molar-refractivity contribution in [2.75, 3.05) is 13.1 Å². The molecule has 0 radical (unpaired) electrons. The van der Waals surface area contributed by atoms with Gasteiger partial charge >= 0.3 is 11.9 Å². The molecule has 0 rings (SSSR count). The first-order chi connectivity index (χ1) is 10.9. The van der Waals surface area contributed by atoms with Crippen LogP contribution in [0, 0.1) is 10.8 Å². The molecule has 0 heterocycles. The monoisotopic (exact) mass is 414 g/mol. The van der Waals surface area contributed by atoms with E-state index in [-0.39, 0.29) is 59.5 Å². The maximum atomic E-state index is 10.5. The number of aliphatic carboxylic acids is 2. The molecule has 0 aliphatic rings. The third-order valence-electron chi connectivity index (χ3n) is 3.05. The molecule has 0 aromatic heterocycles. The summed E-state index contributed by atoms with van der Waals surface area (Å²) in [7, 11) is 0. The normalized spacial score (nSPS) is 10.3. The first-order valence-corrected chi connectivity index (χ1v) is 7.42.